The van der Waals surface area contributed by atoms with Gasteiger partial charge in [-0.3, -0.25) is 4.79 Å². The van der Waals surface area contributed by atoms with Crippen molar-refractivity contribution in [2.45, 2.75) is 6.54 Å². The molecule has 0 bridgehead atoms. The van der Waals surface area contributed by atoms with Gasteiger partial charge in [0, 0.05) is 13.6 Å². The highest BCUT2D eigenvalue weighted by Crippen LogP contribution is 1.92. The van der Waals surface area contributed by atoms with E-state index in [0.29, 0.717) is 32.0 Å². The van der Waals surface area contributed by atoms with Crippen LogP contribution in [-0.4, -0.2) is 47.7 Å². The van der Waals surface area contributed by atoms with Gasteiger partial charge in [0.25, 0.3) is 5.91 Å². The minimum atomic E-state index is -0.246. The lowest BCUT2D eigenvalue weighted by Gasteiger charge is -2.01. The summed E-state index contributed by atoms with van der Waals surface area (Å²) in [6.07, 6.45) is 1.57. The van der Waals surface area contributed by atoms with Crippen LogP contribution in [0.1, 0.15) is 10.5 Å². The van der Waals surface area contributed by atoms with Gasteiger partial charge in [0.2, 0.25) is 0 Å². The second-order valence-electron chi connectivity index (χ2n) is 2.85. The highest BCUT2D eigenvalue weighted by Gasteiger charge is 2.07. The molecule has 0 saturated heterocycles. The normalized spacial score (nSPS) is 10.3. The first-order valence-corrected chi connectivity index (χ1v) is 4.68. The van der Waals surface area contributed by atoms with Crippen LogP contribution in [0.25, 0.3) is 0 Å². The Kier molecular flexibility index (Phi) is 4.72. The smallest absolute Gasteiger partial charge is 0.273 e. The summed E-state index contributed by atoms with van der Waals surface area (Å²) in [5.41, 5.74) is 5.56. The van der Waals surface area contributed by atoms with Crippen LogP contribution in [0.5, 0.6) is 0 Å². The monoisotopic (exact) mass is 213 g/mol. The molecule has 1 amide bonds. The standard InChI is InChI=1S/C8H15N5O2/c1-10-8(14)7-6-13(12-11-7)3-5-15-4-2-9/h6H,2-5,9H2,1H3,(H,10,14). The molecule has 0 atom stereocenters. The van der Waals surface area contributed by atoms with Crippen molar-refractivity contribution in [2.75, 3.05) is 26.8 Å². The van der Waals surface area contributed by atoms with Crippen molar-refractivity contribution in [1.29, 1.82) is 0 Å². The summed E-state index contributed by atoms with van der Waals surface area (Å²) >= 11 is 0. The van der Waals surface area contributed by atoms with Crippen molar-refractivity contribution in [3.63, 3.8) is 0 Å². The zero-order valence-electron chi connectivity index (χ0n) is 8.64. The second-order valence-corrected chi connectivity index (χ2v) is 2.85. The van der Waals surface area contributed by atoms with Crippen LogP contribution >= 0.6 is 0 Å². The number of rotatable bonds is 6. The Labute approximate surface area is 87.6 Å². The largest absolute Gasteiger partial charge is 0.378 e. The van der Waals surface area contributed by atoms with Crippen LogP contribution in [0.3, 0.4) is 0 Å². The van der Waals surface area contributed by atoms with E-state index in [0.717, 1.165) is 0 Å². The molecule has 0 aliphatic heterocycles. The molecule has 0 saturated carbocycles. The Morgan fingerprint density at radius 3 is 3.13 bits per heavy atom. The van der Waals surface area contributed by atoms with Crippen molar-refractivity contribution in [2.24, 2.45) is 5.73 Å². The van der Waals surface area contributed by atoms with Crippen LogP contribution in [-0.2, 0) is 11.3 Å². The summed E-state index contributed by atoms with van der Waals surface area (Å²) in [6, 6.07) is 0. The number of carbonyl (C=O) groups excluding carboxylic acids is 1. The fourth-order valence-corrected chi connectivity index (χ4v) is 0.983. The Morgan fingerprint density at radius 1 is 1.67 bits per heavy atom. The van der Waals surface area contributed by atoms with Crippen LogP contribution in [0.4, 0.5) is 0 Å². The van der Waals surface area contributed by atoms with E-state index in [9.17, 15) is 4.79 Å². The van der Waals surface area contributed by atoms with E-state index in [-0.39, 0.29) is 5.91 Å². The molecule has 15 heavy (non-hydrogen) atoms. The molecule has 1 heterocycles. The molecule has 0 aliphatic rings. The Balaban J connectivity index is 2.36. The summed E-state index contributed by atoms with van der Waals surface area (Å²) in [4.78, 5) is 11.1. The predicted molar refractivity (Wildman–Crippen MR) is 53.3 cm³/mol. The highest BCUT2D eigenvalue weighted by atomic mass is 16.5. The van der Waals surface area contributed by atoms with Gasteiger partial charge in [0.05, 0.1) is 26.0 Å². The fraction of sp³-hybridized carbons (Fsp3) is 0.625. The third-order valence-corrected chi connectivity index (χ3v) is 1.73. The SMILES string of the molecule is CNC(=O)c1cn(CCOCCN)nn1. The first-order chi connectivity index (χ1) is 7.27. The van der Waals surface area contributed by atoms with Crippen LogP contribution in [0.15, 0.2) is 6.20 Å². The van der Waals surface area contributed by atoms with E-state index >= 15 is 0 Å². The molecule has 0 spiro atoms. The Morgan fingerprint density at radius 2 is 2.47 bits per heavy atom. The van der Waals surface area contributed by atoms with E-state index in [1.165, 1.54) is 0 Å². The summed E-state index contributed by atoms with van der Waals surface area (Å²) in [6.45, 7) is 2.09. The molecule has 0 unspecified atom stereocenters. The van der Waals surface area contributed by atoms with Crippen LogP contribution in [0, 0.1) is 0 Å². The van der Waals surface area contributed by atoms with E-state index in [4.69, 9.17) is 10.5 Å². The summed E-state index contributed by atoms with van der Waals surface area (Å²) in [5.74, 6) is -0.246. The molecule has 1 rings (SSSR count). The summed E-state index contributed by atoms with van der Waals surface area (Å²) in [7, 11) is 1.55. The van der Waals surface area contributed by atoms with Gasteiger partial charge in [-0.2, -0.15) is 0 Å². The number of hydrogen-bond acceptors (Lipinski definition) is 5. The molecule has 7 heteroatoms. The van der Waals surface area contributed by atoms with E-state index in [1.54, 1.807) is 17.9 Å². The maximum atomic E-state index is 11.1. The van der Waals surface area contributed by atoms with Crippen molar-refractivity contribution in [3.8, 4) is 0 Å². The highest BCUT2D eigenvalue weighted by molar-refractivity contribution is 5.91. The Hall–Kier alpha value is -1.47. The lowest BCUT2D eigenvalue weighted by atomic mass is 10.4. The number of amides is 1. The number of aromatic nitrogens is 3. The number of nitrogens with one attached hydrogen (secondary N) is 1. The molecule has 1 aromatic heterocycles. The summed E-state index contributed by atoms with van der Waals surface area (Å²) in [5, 5.41) is 9.95. The van der Waals surface area contributed by atoms with Gasteiger partial charge in [-0.15, -0.1) is 5.10 Å². The molecule has 0 radical (unpaired) electrons. The van der Waals surface area contributed by atoms with Crippen LogP contribution in [0.2, 0.25) is 0 Å². The first-order valence-electron chi connectivity index (χ1n) is 4.68. The zero-order valence-corrected chi connectivity index (χ0v) is 8.64. The maximum Gasteiger partial charge on any atom is 0.273 e. The molecule has 0 fully saturated rings. The van der Waals surface area contributed by atoms with Gasteiger partial charge in [-0.1, -0.05) is 5.21 Å². The topological polar surface area (TPSA) is 95.1 Å². The average molecular weight is 213 g/mol. The van der Waals surface area contributed by atoms with Crippen LogP contribution < -0.4 is 11.1 Å². The van der Waals surface area contributed by atoms with Gasteiger partial charge in [-0.25, -0.2) is 4.68 Å². The predicted octanol–water partition coefficient (Wildman–Crippen LogP) is -1.39. The lowest BCUT2D eigenvalue weighted by molar-refractivity contribution is 0.0958. The minimum absolute atomic E-state index is 0.246. The number of nitrogens with two attached hydrogens (primary N) is 1. The molecule has 84 valence electrons. The molecular weight excluding hydrogens is 198 g/mol. The minimum Gasteiger partial charge on any atom is -0.378 e. The van der Waals surface area contributed by atoms with E-state index in [1.807, 2.05) is 0 Å². The van der Waals surface area contributed by atoms with Gasteiger partial charge in [0.1, 0.15) is 0 Å². The number of nitrogens with zero attached hydrogens (tertiary/aromatic N) is 3. The van der Waals surface area contributed by atoms with E-state index < -0.39 is 0 Å². The van der Waals surface area contributed by atoms with Gasteiger partial charge in [0.15, 0.2) is 5.69 Å². The maximum absolute atomic E-state index is 11.1. The van der Waals surface area contributed by atoms with Crippen molar-refractivity contribution < 1.29 is 9.53 Å². The van der Waals surface area contributed by atoms with Gasteiger partial charge >= 0.3 is 0 Å². The van der Waals surface area contributed by atoms with Gasteiger partial charge in [-0.05, 0) is 0 Å². The first kappa shape index (κ1) is 11.6. The summed E-state index contributed by atoms with van der Waals surface area (Å²) < 4.78 is 6.73. The molecule has 0 aromatic carbocycles. The molecule has 1 aromatic rings. The zero-order chi connectivity index (χ0) is 11.1. The number of ether oxygens (including phenoxy) is 1. The quantitative estimate of drug-likeness (QED) is 0.567. The average Bonchev–Trinajstić information content (AvgIpc) is 2.72. The fourth-order valence-electron chi connectivity index (χ4n) is 0.983. The van der Waals surface area contributed by atoms with Crippen molar-refractivity contribution in [3.05, 3.63) is 11.9 Å². The Bertz CT molecular complexity index is 312. The molecule has 0 aliphatic carbocycles. The third-order valence-electron chi connectivity index (χ3n) is 1.73. The van der Waals surface area contributed by atoms with E-state index in [2.05, 4.69) is 15.6 Å². The van der Waals surface area contributed by atoms with Crippen molar-refractivity contribution in [1.82, 2.24) is 20.3 Å². The molecule has 7 nitrogen and oxygen atoms in total. The lowest BCUT2D eigenvalue weighted by Crippen LogP contribution is -2.18. The van der Waals surface area contributed by atoms with Gasteiger partial charge < -0.3 is 15.8 Å². The number of carbonyl (C=O) groups is 1. The third kappa shape index (κ3) is 3.64. The molecule has 3 N–H and O–H groups in total. The number of hydrogen-bond donors (Lipinski definition) is 2. The second kappa shape index (κ2) is 6.10. The van der Waals surface area contributed by atoms with Crippen molar-refractivity contribution >= 4 is 5.91 Å². The molecular formula is C8H15N5O2.